The van der Waals surface area contributed by atoms with Gasteiger partial charge in [-0.05, 0) is 39.0 Å². The van der Waals surface area contributed by atoms with Crippen molar-refractivity contribution >= 4 is 11.8 Å². The Morgan fingerprint density at radius 1 is 1.28 bits per heavy atom. The van der Waals surface area contributed by atoms with Gasteiger partial charge in [0.2, 0.25) is 0 Å². The molecule has 156 valence electrons. The number of benzene rings is 1. The van der Waals surface area contributed by atoms with Crippen LogP contribution in [0.3, 0.4) is 0 Å². The summed E-state index contributed by atoms with van der Waals surface area (Å²) in [6.07, 6.45) is 2.77. The van der Waals surface area contributed by atoms with Crippen LogP contribution in [0.2, 0.25) is 0 Å². The molecule has 1 amide bonds. The lowest BCUT2D eigenvalue weighted by molar-refractivity contribution is -0.0956. The van der Waals surface area contributed by atoms with E-state index in [9.17, 15) is 9.18 Å². The molecule has 1 aromatic heterocycles. The van der Waals surface area contributed by atoms with Crippen molar-refractivity contribution in [1.82, 2.24) is 4.98 Å². The number of rotatable bonds is 5. The highest BCUT2D eigenvalue weighted by Crippen LogP contribution is 2.39. The molecule has 1 saturated heterocycles. The van der Waals surface area contributed by atoms with Crippen LogP contribution in [0.4, 0.5) is 14.9 Å². The number of nitrogens with zero attached hydrogens (tertiary/aromatic N) is 2. The number of pyridine rings is 1. The first-order valence-corrected chi connectivity index (χ1v) is 9.48. The molecule has 1 fully saturated rings. The molecule has 2 aromatic rings. The average Bonchev–Trinajstić information content (AvgIpc) is 2.63. The molecule has 29 heavy (non-hydrogen) atoms. The third kappa shape index (κ3) is 4.85. The van der Waals surface area contributed by atoms with Crippen LogP contribution in [0.5, 0.6) is 5.75 Å². The van der Waals surface area contributed by atoms with E-state index in [2.05, 4.69) is 11.9 Å². The van der Waals surface area contributed by atoms with Gasteiger partial charge in [0.05, 0.1) is 32.2 Å². The van der Waals surface area contributed by atoms with E-state index >= 15 is 0 Å². The minimum atomic E-state index is -0.651. The predicted molar refractivity (Wildman–Crippen MR) is 109 cm³/mol. The van der Waals surface area contributed by atoms with E-state index in [-0.39, 0.29) is 5.41 Å². The smallest absolute Gasteiger partial charge is 0.414 e. The van der Waals surface area contributed by atoms with Crippen LogP contribution in [-0.2, 0) is 9.47 Å². The fourth-order valence-electron chi connectivity index (χ4n) is 3.21. The van der Waals surface area contributed by atoms with Crippen LogP contribution in [0.1, 0.15) is 27.7 Å². The maximum Gasteiger partial charge on any atom is 0.414 e. The lowest BCUT2D eigenvalue weighted by Crippen LogP contribution is -2.51. The van der Waals surface area contributed by atoms with Crippen LogP contribution >= 0.6 is 0 Å². The Balaban J connectivity index is 2.08. The normalized spacial score (nSPS) is 15.4. The first-order chi connectivity index (χ1) is 13.6. The summed E-state index contributed by atoms with van der Waals surface area (Å²) >= 11 is 0. The van der Waals surface area contributed by atoms with E-state index in [0.717, 1.165) is 0 Å². The maximum atomic E-state index is 13.7. The van der Waals surface area contributed by atoms with Gasteiger partial charge in [-0.15, -0.1) is 0 Å². The van der Waals surface area contributed by atoms with Crippen LogP contribution in [0, 0.1) is 11.2 Å². The molecule has 3 rings (SSSR count). The zero-order valence-electron chi connectivity index (χ0n) is 17.5. The Kier molecular flexibility index (Phi) is 5.80. The van der Waals surface area contributed by atoms with Crippen molar-refractivity contribution in [2.24, 2.45) is 5.41 Å². The number of hydrogen-bond acceptors (Lipinski definition) is 5. The number of hydrogen-bond donors (Lipinski definition) is 0. The first-order valence-electron chi connectivity index (χ1n) is 9.48. The largest absolute Gasteiger partial charge is 0.496 e. The molecule has 1 aliphatic rings. The van der Waals surface area contributed by atoms with Gasteiger partial charge in [0.15, 0.2) is 0 Å². The first kappa shape index (κ1) is 21.0. The standard InChI is InChI=1S/C22H27FN2O4/c1-21(2,3)29-20(26)25(12-22(4)13-28-14-22)18-11-24-9-8-16(18)17-7-6-15(23)10-19(17)27-5/h6-11H,12-14H2,1-5H3. The van der Waals surface area contributed by atoms with Crippen molar-refractivity contribution in [1.29, 1.82) is 0 Å². The van der Waals surface area contributed by atoms with E-state index in [1.54, 1.807) is 29.4 Å². The number of halogens is 1. The molecule has 6 nitrogen and oxygen atoms in total. The van der Waals surface area contributed by atoms with Gasteiger partial charge >= 0.3 is 6.09 Å². The van der Waals surface area contributed by atoms with E-state index in [0.29, 0.717) is 42.3 Å². The molecule has 0 atom stereocenters. The molecule has 0 spiro atoms. The molecular formula is C22H27FN2O4. The molecule has 0 aliphatic carbocycles. The molecule has 1 aromatic carbocycles. The molecular weight excluding hydrogens is 375 g/mol. The van der Waals surface area contributed by atoms with Crippen LogP contribution in [0.25, 0.3) is 11.1 Å². The summed E-state index contributed by atoms with van der Waals surface area (Å²) in [6, 6.07) is 6.09. The number of anilines is 1. The number of amides is 1. The number of carbonyl (C=O) groups is 1. The van der Waals surface area contributed by atoms with Gasteiger partial charge in [-0.3, -0.25) is 9.88 Å². The van der Waals surface area contributed by atoms with Gasteiger partial charge < -0.3 is 14.2 Å². The molecule has 7 heteroatoms. The summed E-state index contributed by atoms with van der Waals surface area (Å²) < 4.78 is 30.1. The second-order valence-electron chi connectivity index (χ2n) is 8.61. The Labute approximate surface area is 170 Å². The summed E-state index contributed by atoms with van der Waals surface area (Å²) in [5, 5.41) is 0. The predicted octanol–water partition coefficient (Wildman–Crippen LogP) is 4.67. The Bertz CT molecular complexity index is 891. The van der Waals surface area contributed by atoms with E-state index < -0.39 is 17.5 Å². The van der Waals surface area contributed by atoms with Crippen molar-refractivity contribution < 1.29 is 23.4 Å². The number of ether oxygens (including phenoxy) is 3. The quantitative estimate of drug-likeness (QED) is 0.727. The van der Waals surface area contributed by atoms with Gasteiger partial charge in [-0.1, -0.05) is 6.92 Å². The fraction of sp³-hybridized carbons (Fsp3) is 0.455. The van der Waals surface area contributed by atoms with Gasteiger partial charge in [-0.2, -0.15) is 0 Å². The van der Waals surface area contributed by atoms with Crippen molar-refractivity contribution in [3.8, 4) is 16.9 Å². The molecule has 2 heterocycles. The van der Waals surface area contributed by atoms with Crippen molar-refractivity contribution in [3.63, 3.8) is 0 Å². The molecule has 1 aliphatic heterocycles. The van der Waals surface area contributed by atoms with Crippen LogP contribution < -0.4 is 9.64 Å². The van der Waals surface area contributed by atoms with E-state index in [4.69, 9.17) is 14.2 Å². The number of aromatic nitrogens is 1. The monoisotopic (exact) mass is 402 g/mol. The number of methoxy groups -OCH3 is 1. The highest BCUT2D eigenvalue weighted by molar-refractivity contribution is 5.94. The second kappa shape index (κ2) is 7.99. The van der Waals surface area contributed by atoms with Gasteiger partial charge in [0.1, 0.15) is 17.2 Å². The summed E-state index contributed by atoms with van der Waals surface area (Å²) in [4.78, 5) is 18.9. The minimum Gasteiger partial charge on any atom is -0.496 e. The zero-order valence-corrected chi connectivity index (χ0v) is 17.5. The third-order valence-corrected chi connectivity index (χ3v) is 4.60. The Morgan fingerprint density at radius 3 is 2.59 bits per heavy atom. The summed E-state index contributed by atoms with van der Waals surface area (Å²) in [5.41, 5.74) is 1.10. The zero-order chi connectivity index (χ0) is 21.2. The van der Waals surface area contributed by atoms with Crippen molar-refractivity contribution in [2.75, 3.05) is 31.8 Å². The van der Waals surface area contributed by atoms with Gasteiger partial charge in [0.25, 0.3) is 0 Å². The highest BCUT2D eigenvalue weighted by Gasteiger charge is 2.39. The summed E-state index contributed by atoms with van der Waals surface area (Å²) in [6.45, 7) is 9.05. The second-order valence-corrected chi connectivity index (χ2v) is 8.61. The van der Waals surface area contributed by atoms with Crippen LogP contribution in [0.15, 0.2) is 36.7 Å². The van der Waals surface area contributed by atoms with Gasteiger partial charge in [-0.25, -0.2) is 9.18 Å². The lowest BCUT2D eigenvalue weighted by Gasteiger charge is -2.42. The van der Waals surface area contributed by atoms with Gasteiger partial charge in [0, 0.05) is 35.3 Å². The Hall–Kier alpha value is -2.67. The summed E-state index contributed by atoms with van der Waals surface area (Å²) in [7, 11) is 1.48. The molecule has 0 saturated carbocycles. The molecule has 0 bridgehead atoms. The van der Waals surface area contributed by atoms with E-state index in [1.807, 2.05) is 20.8 Å². The van der Waals surface area contributed by atoms with E-state index in [1.165, 1.54) is 19.2 Å². The topological polar surface area (TPSA) is 60.9 Å². The summed E-state index contributed by atoms with van der Waals surface area (Å²) in [5.74, 6) is -0.0240. The molecule has 0 radical (unpaired) electrons. The average molecular weight is 402 g/mol. The molecule has 0 unspecified atom stereocenters. The highest BCUT2D eigenvalue weighted by atomic mass is 19.1. The third-order valence-electron chi connectivity index (χ3n) is 4.60. The Morgan fingerprint density at radius 2 is 2.00 bits per heavy atom. The molecule has 0 N–H and O–H groups in total. The maximum absolute atomic E-state index is 13.7. The number of carbonyl (C=O) groups excluding carboxylic acids is 1. The minimum absolute atomic E-state index is 0.184. The van der Waals surface area contributed by atoms with Crippen molar-refractivity contribution in [3.05, 3.63) is 42.5 Å². The lowest BCUT2D eigenvalue weighted by atomic mass is 9.87. The van der Waals surface area contributed by atoms with Crippen LogP contribution in [-0.4, -0.2) is 43.5 Å². The van der Waals surface area contributed by atoms with Crippen molar-refractivity contribution in [2.45, 2.75) is 33.3 Å². The fourth-order valence-corrected chi connectivity index (χ4v) is 3.21. The SMILES string of the molecule is COc1cc(F)ccc1-c1ccncc1N(CC1(C)COC1)C(=O)OC(C)(C)C.